The highest BCUT2D eigenvalue weighted by molar-refractivity contribution is 9.11. The first-order valence-corrected chi connectivity index (χ1v) is 16.8. The Morgan fingerprint density at radius 2 is 0.717 bits per heavy atom. The Morgan fingerprint density at radius 3 is 1.02 bits per heavy atom. The van der Waals surface area contributed by atoms with Gasteiger partial charge in [-0.15, -0.1) is 0 Å². The summed E-state index contributed by atoms with van der Waals surface area (Å²) in [6.07, 6.45) is 0. The van der Waals surface area contributed by atoms with Gasteiger partial charge in [0.1, 0.15) is 24.7 Å². The molecule has 0 aromatic heterocycles. The molecule has 0 aliphatic rings. The molecule has 0 saturated heterocycles. The fourth-order valence-electron chi connectivity index (χ4n) is 6.39. The van der Waals surface area contributed by atoms with Gasteiger partial charge in [-0.3, -0.25) is 0 Å². The monoisotopic (exact) mass is 734 g/mol. The second-order valence-electron chi connectivity index (χ2n) is 11.1. The molecule has 0 amide bonds. The molecule has 0 unspecified atom stereocenters. The molecule has 7 aromatic rings. The summed E-state index contributed by atoms with van der Waals surface area (Å²) in [6.45, 7) is 1.73. The van der Waals surface area contributed by atoms with Crippen LogP contribution in [0.1, 0.15) is 0 Å². The maximum atomic E-state index is 6.54. The van der Waals surface area contributed by atoms with E-state index in [2.05, 4.69) is 135 Å². The molecule has 0 atom stereocenters. The second kappa shape index (κ2) is 13.4. The van der Waals surface area contributed by atoms with Crippen molar-refractivity contribution < 1.29 is 18.9 Å². The van der Waals surface area contributed by atoms with Gasteiger partial charge in [0.25, 0.3) is 0 Å². The van der Waals surface area contributed by atoms with Gasteiger partial charge in [-0.2, -0.15) is 0 Å². The number of fused-ring (bicyclic) bond motifs is 4. The molecule has 7 rings (SSSR count). The van der Waals surface area contributed by atoms with Crippen molar-refractivity contribution >= 4 is 74.9 Å². The van der Waals surface area contributed by atoms with E-state index in [0.717, 1.165) is 85.8 Å². The van der Waals surface area contributed by atoms with Gasteiger partial charge in [-0.05, 0) is 81.0 Å². The highest BCUT2D eigenvalue weighted by atomic mass is 79.9. The number of hydrogen-bond donors (Lipinski definition) is 0. The Bertz CT molecular complexity index is 1960. The highest BCUT2D eigenvalue weighted by Gasteiger charge is 2.23. The van der Waals surface area contributed by atoms with E-state index in [1.165, 1.54) is 0 Å². The van der Waals surface area contributed by atoms with Gasteiger partial charge in [-0.25, -0.2) is 0 Å². The van der Waals surface area contributed by atoms with Crippen LogP contribution in [0.5, 0.6) is 11.5 Å². The van der Waals surface area contributed by atoms with E-state index < -0.39 is 0 Å². The molecule has 0 aliphatic carbocycles. The molecule has 0 spiro atoms. The molecule has 46 heavy (non-hydrogen) atoms. The van der Waals surface area contributed by atoms with Crippen LogP contribution in [0.3, 0.4) is 0 Å². The van der Waals surface area contributed by atoms with Crippen LogP contribution >= 0.6 is 31.9 Å². The standard InChI is InChI=1S/C40H32Br2O4/c1-43-19-21-45-35-24-36(46-22-20-44-2)34(38-27-13-5-9-17-31(27)40(42)32-18-10-6-14-28(32)38)23-33(35)37-25-11-3-7-15-29(25)39(41)30-16-8-4-12-26(30)37/h3-18,23-24H,19-22H2,1-2H3. The molecule has 7 aromatic carbocycles. The minimum absolute atomic E-state index is 0.400. The van der Waals surface area contributed by atoms with Gasteiger partial charge in [0.05, 0.1) is 13.2 Å². The van der Waals surface area contributed by atoms with Crippen LogP contribution in [0.4, 0.5) is 0 Å². The molecule has 0 aliphatic heterocycles. The van der Waals surface area contributed by atoms with E-state index in [1.807, 2.05) is 6.07 Å². The van der Waals surface area contributed by atoms with Crippen LogP contribution in [0.2, 0.25) is 0 Å². The lowest BCUT2D eigenvalue weighted by Gasteiger charge is -2.22. The zero-order valence-corrected chi connectivity index (χ0v) is 28.8. The van der Waals surface area contributed by atoms with Crippen molar-refractivity contribution in [3.05, 3.63) is 118 Å². The second-order valence-corrected chi connectivity index (χ2v) is 12.7. The van der Waals surface area contributed by atoms with E-state index in [-0.39, 0.29) is 0 Å². The van der Waals surface area contributed by atoms with E-state index in [1.54, 1.807) is 14.2 Å². The third-order valence-electron chi connectivity index (χ3n) is 8.44. The Hall–Kier alpha value is -3.94. The quantitative estimate of drug-likeness (QED) is 0.104. The molecule has 0 radical (unpaired) electrons. The van der Waals surface area contributed by atoms with Crippen LogP contribution in [0, 0.1) is 0 Å². The Labute approximate surface area is 285 Å². The summed E-state index contributed by atoms with van der Waals surface area (Å²) in [5.74, 6) is 1.47. The van der Waals surface area contributed by atoms with Crippen molar-refractivity contribution in [1.29, 1.82) is 0 Å². The van der Waals surface area contributed by atoms with Gasteiger partial charge in [-0.1, -0.05) is 97.1 Å². The molecule has 0 saturated carbocycles. The molecule has 0 N–H and O–H groups in total. The number of ether oxygens (including phenoxy) is 4. The molecule has 0 fully saturated rings. The first-order chi connectivity index (χ1) is 22.6. The first-order valence-electron chi connectivity index (χ1n) is 15.2. The molecule has 230 valence electrons. The normalized spacial score (nSPS) is 11.6. The van der Waals surface area contributed by atoms with Crippen LogP contribution in [0.25, 0.3) is 65.3 Å². The average molecular weight is 737 g/mol. The smallest absolute Gasteiger partial charge is 0.131 e. The maximum Gasteiger partial charge on any atom is 0.131 e. The number of benzene rings is 7. The van der Waals surface area contributed by atoms with Gasteiger partial charge in [0.2, 0.25) is 0 Å². The topological polar surface area (TPSA) is 36.9 Å². The lowest BCUT2D eigenvalue weighted by molar-refractivity contribution is 0.143. The van der Waals surface area contributed by atoms with E-state index in [0.29, 0.717) is 26.4 Å². The molecule has 4 nitrogen and oxygen atoms in total. The summed E-state index contributed by atoms with van der Waals surface area (Å²) >= 11 is 7.87. The SMILES string of the molecule is COCCOc1cc(OCCOC)c(-c2c3ccccc3c(Br)c3ccccc23)cc1-c1c2ccccc2c(Br)c2ccccc12. The minimum atomic E-state index is 0.400. The number of rotatable bonds is 10. The van der Waals surface area contributed by atoms with Gasteiger partial charge >= 0.3 is 0 Å². The van der Waals surface area contributed by atoms with E-state index in [4.69, 9.17) is 18.9 Å². The number of hydrogen-bond acceptors (Lipinski definition) is 4. The molecular weight excluding hydrogens is 704 g/mol. The van der Waals surface area contributed by atoms with Crippen LogP contribution in [0.15, 0.2) is 118 Å². The van der Waals surface area contributed by atoms with Gasteiger partial charge in [0.15, 0.2) is 0 Å². The number of halogens is 2. The van der Waals surface area contributed by atoms with Crippen molar-refractivity contribution in [2.45, 2.75) is 0 Å². The third kappa shape index (κ3) is 5.43. The fourth-order valence-corrected chi connectivity index (χ4v) is 7.77. The van der Waals surface area contributed by atoms with Crippen LogP contribution in [-0.4, -0.2) is 40.6 Å². The lowest BCUT2D eigenvalue weighted by Crippen LogP contribution is -2.08. The molecule has 6 heteroatoms. The zero-order chi connectivity index (χ0) is 31.6. The minimum Gasteiger partial charge on any atom is -0.490 e. The molecule has 0 heterocycles. The van der Waals surface area contributed by atoms with Crippen molar-refractivity contribution in [3.8, 4) is 33.8 Å². The highest BCUT2D eigenvalue weighted by Crippen LogP contribution is 2.50. The lowest BCUT2D eigenvalue weighted by atomic mass is 9.87. The first kappa shape index (κ1) is 30.7. The van der Waals surface area contributed by atoms with Crippen LogP contribution in [-0.2, 0) is 9.47 Å². The van der Waals surface area contributed by atoms with Crippen molar-refractivity contribution in [2.24, 2.45) is 0 Å². The summed E-state index contributed by atoms with van der Waals surface area (Å²) in [4.78, 5) is 0. The largest absolute Gasteiger partial charge is 0.490 e. The fraction of sp³-hybridized carbons (Fsp3) is 0.150. The summed E-state index contributed by atoms with van der Waals surface area (Å²) in [7, 11) is 3.37. The predicted octanol–water partition coefficient (Wildman–Crippen LogP) is 11.2. The molecule has 0 bridgehead atoms. The molecular formula is C40H32Br2O4. The number of methoxy groups -OCH3 is 2. The van der Waals surface area contributed by atoms with E-state index >= 15 is 0 Å². The summed E-state index contributed by atoms with van der Waals surface area (Å²) in [5, 5.41) is 9.09. The summed E-state index contributed by atoms with van der Waals surface area (Å²) in [6, 6.07) is 38.4. The van der Waals surface area contributed by atoms with E-state index in [9.17, 15) is 0 Å². The van der Waals surface area contributed by atoms with Crippen LogP contribution < -0.4 is 9.47 Å². The van der Waals surface area contributed by atoms with Crippen molar-refractivity contribution in [1.82, 2.24) is 0 Å². The summed E-state index contributed by atoms with van der Waals surface area (Å²) < 4.78 is 26.0. The van der Waals surface area contributed by atoms with Gasteiger partial charge < -0.3 is 18.9 Å². The van der Waals surface area contributed by atoms with Crippen molar-refractivity contribution in [3.63, 3.8) is 0 Å². The predicted molar refractivity (Wildman–Crippen MR) is 197 cm³/mol. The Balaban J connectivity index is 1.63. The third-order valence-corrected chi connectivity index (χ3v) is 10.2. The van der Waals surface area contributed by atoms with Crippen molar-refractivity contribution in [2.75, 3.05) is 40.6 Å². The maximum absolute atomic E-state index is 6.54. The Morgan fingerprint density at radius 1 is 0.413 bits per heavy atom. The Kier molecular flexibility index (Phi) is 8.96. The zero-order valence-electron chi connectivity index (χ0n) is 25.6. The summed E-state index contributed by atoms with van der Waals surface area (Å²) in [5.41, 5.74) is 4.19. The average Bonchev–Trinajstić information content (AvgIpc) is 3.10. The van der Waals surface area contributed by atoms with Gasteiger partial charge in [0, 0.05) is 51.5 Å².